The van der Waals surface area contributed by atoms with Crippen molar-refractivity contribution in [1.29, 1.82) is 0 Å². The average Bonchev–Trinajstić information content (AvgIpc) is 2.84. The number of rotatable bonds is 4. The van der Waals surface area contributed by atoms with Crippen molar-refractivity contribution in [2.75, 3.05) is 12.5 Å². The molecule has 1 aromatic heterocycles. The number of aromatic nitrogens is 2. The zero-order valence-corrected chi connectivity index (χ0v) is 10.9. The first-order valence-electron chi connectivity index (χ1n) is 5.85. The van der Waals surface area contributed by atoms with Gasteiger partial charge in [0.2, 0.25) is 0 Å². The smallest absolute Gasteiger partial charge is 0.330 e. The predicted molar refractivity (Wildman–Crippen MR) is 67.1 cm³/mol. The summed E-state index contributed by atoms with van der Waals surface area (Å²) in [4.78, 5) is 25.2. The molecule has 1 aromatic rings. The van der Waals surface area contributed by atoms with Crippen LogP contribution in [0.2, 0.25) is 0 Å². The van der Waals surface area contributed by atoms with Gasteiger partial charge in [-0.15, -0.1) is 11.6 Å². The van der Waals surface area contributed by atoms with Crippen LogP contribution in [0.4, 0.5) is 0 Å². The highest BCUT2D eigenvalue weighted by Gasteiger charge is 2.40. The van der Waals surface area contributed by atoms with Crippen molar-refractivity contribution in [2.24, 2.45) is 0 Å². The molecule has 1 saturated heterocycles. The Hall–Kier alpha value is -1.15. The molecule has 0 amide bonds. The minimum atomic E-state index is -0.860. The lowest BCUT2D eigenvalue weighted by Gasteiger charge is -2.25. The number of aromatic amines is 1. The van der Waals surface area contributed by atoms with Crippen LogP contribution in [0.15, 0.2) is 15.8 Å². The molecule has 2 heterocycles. The predicted octanol–water partition coefficient (Wildman–Crippen LogP) is -0.692. The lowest BCUT2D eigenvalue weighted by atomic mass is 10.0. The molecule has 2 atom stereocenters. The summed E-state index contributed by atoms with van der Waals surface area (Å²) in [5.41, 5.74) is -2.01. The number of nitrogens with zero attached hydrogens (tertiary/aromatic N) is 1. The summed E-state index contributed by atoms with van der Waals surface area (Å²) in [5, 5.41) is 18.3. The fourth-order valence-electron chi connectivity index (χ4n) is 2.10. The number of hydrogen-bond acceptors (Lipinski definition) is 5. The van der Waals surface area contributed by atoms with Crippen LogP contribution < -0.4 is 11.2 Å². The van der Waals surface area contributed by atoms with E-state index in [1.54, 1.807) is 0 Å². The normalized spacial score (nSPS) is 26.8. The Morgan fingerprint density at radius 2 is 2.26 bits per heavy atom. The molecule has 2 rings (SSSR count). The van der Waals surface area contributed by atoms with E-state index >= 15 is 0 Å². The Bertz CT molecular complexity index is 563. The van der Waals surface area contributed by atoms with E-state index in [4.69, 9.17) is 21.4 Å². The lowest BCUT2D eigenvalue weighted by molar-refractivity contribution is -0.0861. The number of halogens is 1. The molecule has 7 nitrogen and oxygen atoms in total. The van der Waals surface area contributed by atoms with Crippen LogP contribution in [0, 0.1) is 0 Å². The van der Waals surface area contributed by atoms with Gasteiger partial charge in [0.1, 0.15) is 11.8 Å². The summed E-state index contributed by atoms with van der Waals surface area (Å²) >= 11 is 5.77. The Morgan fingerprint density at radius 3 is 2.79 bits per heavy atom. The van der Waals surface area contributed by atoms with Crippen LogP contribution in [0.25, 0.3) is 0 Å². The number of aliphatic hydroxyl groups excluding tert-OH is 2. The summed E-state index contributed by atoms with van der Waals surface area (Å²) in [7, 11) is 0. The second kappa shape index (κ2) is 5.46. The van der Waals surface area contributed by atoms with Gasteiger partial charge in [-0.1, -0.05) is 0 Å². The van der Waals surface area contributed by atoms with Crippen molar-refractivity contribution in [3.63, 3.8) is 0 Å². The Labute approximate surface area is 113 Å². The third-order valence-corrected chi connectivity index (χ3v) is 3.77. The SMILES string of the molecule is O=c1[nH]c(=O)n(C2CCC(CO)(CCl)O2)cc1CO. The van der Waals surface area contributed by atoms with Crippen molar-refractivity contribution in [1.82, 2.24) is 9.55 Å². The molecule has 0 saturated carbocycles. The molecule has 0 bridgehead atoms. The maximum Gasteiger partial charge on any atom is 0.330 e. The van der Waals surface area contributed by atoms with E-state index < -0.39 is 29.7 Å². The third kappa shape index (κ3) is 2.59. The number of H-pyrrole nitrogens is 1. The third-order valence-electron chi connectivity index (χ3n) is 3.29. The van der Waals surface area contributed by atoms with Crippen molar-refractivity contribution in [3.05, 3.63) is 32.6 Å². The van der Waals surface area contributed by atoms with Crippen LogP contribution in [-0.4, -0.2) is 37.9 Å². The van der Waals surface area contributed by atoms with Crippen molar-refractivity contribution < 1.29 is 14.9 Å². The lowest BCUT2D eigenvalue weighted by Crippen LogP contribution is -2.38. The molecule has 8 heteroatoms. The van der Waals surface area contributed by atoms with E-state index in [0.29, 0.717) is 12.8 Å². The molecule has 0 radical (unpaired) electrons. The van der Waals surface area contributed by atoms with Gasteiger partial charge in [-0.05, 0) is 12.8 Å². The van der Waals surface area contributed by atoms with Crippen molar-refractivity contribution in [3.8, 4) is 0 Å². The Morgan fingerprint density at radius 1 is 1.53 bits per heavy atom. The van der Waals surface area contributed by atoms with E-state index in [1.807, 2.05) is 0 Å². The van der Waals surface area contributed by atoms with Crippen molar-refractivity contribution in [2.45, 2.75) is 31.3 Å². The molecular formula is C11H15ClN2O5. The van der Waals surface area contributed by atoms with Gasteiger partial charge in [0.05, 0.1) is 24.7 Å². The fourth-order valence-corrected chi connectivity index (χ4v) is 2.38. The van der Waals surface area contributed by atoms with Crippen LogP contribution >= 0.6 is 11.6 Å². The topological polar surface area (TPSA) is 105 Å². The van der Waals surface area contributed by atoms with E-state index in [-0.39, 0.29) is 18.1 Å². The largest absolute Gasteiger partial charge is 0.393 e. The first kappa shape index (κ1) is 14.3. The van der Waals surface area contributed by atoms with Crippen molar-refractivity contribution >= 4 is 11.6 Å². The first-order valence-corrected chi connectivity index (χ1v) is 6.38. The standard InChI is InChI=1S/C11H15ClN2O5/c12-5-11(6-16)2-1-8(19-11)14-3-7(4-15)9(17)13-10(14)18/h3,8,15-16H,1-2,4-6H2,(H,13,17,18). The van der Waals surface area contributed by atoms with E-state index in [9.17, 15) is 14.7 Å². The van der Waals surface area contributed by atoms with Crippen LogP contribution in [0.1, 0.15) is 24.6 Å². The zero-order valence-electron chi connectivity index (χ0n) is 10.1. The summed E-state index contributed by atoms with van der Waals surface area (Å²) in [5.74, 6) is 0.116. The molecule has 106 valence electrons. The van der Waals surface area contributed by atoms with Crippen LogP contribution in [0.3, 0.4) is 0 Å². The highest BCUT2D eigenvalue weighted by atomic mass is 35.5. The summed E-state index contributed by atoms with van der Waals surface area (Å²) in [6.45, 7) is -0.707. The van der Waals surface area contributed by atoms with Gasteiger partial charge in [0, 0.05) is 6.20 Å². The molecule has 1 fully saturated rings. The van der Waals surface area contributed by atoms with Gasteiger partial charge in [-0.3, -0.25) is 14.3 Å². The highest BCUT2D eigenvalue weighted by molar-refractivity contribution is 6.18. The Kier molecular flexibility index (Phi) is 4.10. The average molecular weight is 291 g/mol. The molecule has 1 aliphatic rings. The molecule has 0 spiro atoms. The maximum absolute atomic E-state index is 11.7. The van der Waals surface area contributed by atoms with E-state index in [0.717, 1.165) is 0 Å². The quantitative estimate of drug-likeness (QED) is 0.637. The minimum absolute atomic E-state index is 0.0792. The fraction of sp³-hybridized carbons (Fsp3) is 0.636. The van der Waals surface area contributed by atoms with Crippen LogP contribution in [-0.2, 0) is 11.3 Å². The molecule has 2 unspecified atom stereocenters. The monoisotopic (exact) mass is 290 g/mol. The summed E-state index contributed by atoms with van der Waals surface area (Å²) in [6.07, 6.45) is 1.66. The number of aliphatic hydroxyl groups is 2. The molecular weight excluding hydrogens is 276 g/mol. The highest BCUT2D eigenvalue weighted by Crippen LogP contribution is 2.36. The Balaban J connectivity index is 2.34. The number of alkyl halides is 1. The maximum atomic E-state index is 11.7. The number of hydrogen-bond donors (Lipinski definition) is 3. The molecule has 1 aliphatic heterocycles. The van der Waals surface area contributed by atoms with Gasteiger partial charge in [0.25, 0.3) is 5.56 Å². The minimum Gasteiger partial charge on any atom is -0.393 e. The van der Waals surface area contributed by atoms with Gasteiger partial charge in [-0.25, -0.2) is 4.79 Å². The summed E-state index contributed by atoms with van der Waals surface area (Å²) < 4.78 is 6.84. The van der Waals surface area contributed by atoms with Gasteiger partial charge in [-0.2, -0.15) is 0 Å². The van der Waals surface area contributed by atoms with Crippen LogP contribution in [0.5, 0.6) is 0 Å². The molecule has 19 heavy (non-hydrogen) atoms. The number of nitrogens with one attached hydrogen (secondary N) is 1. The van der Waals surface area contributed by atoms with Gasteiger partial charge >= 0.3 is 5.69 Å². The summed E-state index contributed by atoms with van der Waals surface area (Å²) in [6, 6.07) is 0. The first-order chi connectivity index (χ1) is 9.05. The second-order valence-electron chi connectivity index (χ2n) is 4.56. The van der Waals surface area contributed by atoms with E-state index in [1.165, 1.54) is 10.8 Å². The molecule has 0 aliphatic carbocycles. The second-order valence-corrected chi connectivity index (χ2v) is 4.83. The molecule has 3 N–H and O–H groups in total. The zero-order chi connectivity index (χ0) is 14.0. The van der Waals surface area contributed by atoms with Gasteiger partial charge in [0.15, 0.2) is 0 Å². The number of ether oxygens (including phenoxy) is 1. The van der Waals surface area contributed by atoms with E-state index in [2.05, 4.69) is 4.98 Å². The van der Waals surface area contributed by atoms with Gasteiger partial charge < -0.3 is 14.9 Å². The molecule has 0 aromatic carbocycles.